The van der Waals surface area contributed by atoms with Gasteiger partial charge >= 0.3 is 5.97 Å². The van der Waals surface area contributed by atoms with E-state index in [4.69, 9.17) is 0 Å². The third kappa shape index (κ3) is 3.03. The summed E-state index contributed by atoms with van der Waals surface area (Å²) < 4.78 is 0. The van der Waals surface area contributed by atoms with E-state index in [1.54, 1.807) is 0 Å². The van der Waals surface area contributed by atoms with Crippen molar-refractivity contribution in [1.29, 1.82) is 0 Å². The van der Waals surface area contributed by atoms with Crippen LogP contribution in [0.4, 0.5) is 0 Å². The molecule has 0 aromatic rings. The minimum absolute atomic E-state index is 0.0400. The van der Waals surface area contributed by atoms with E-state index in [0.717, 1.165) is 38.5 Å². The minimum atomic E-state index is -0.929. The topological polar surface area (TPSA) is 66.4 Å². The zero-order valence-corrected chi connectivity index (χ0v) is 11.7. The Hall–Kier alpha value is -1.06. The smallest absolute Gasteiger partial charge is 0.326 e. The van der Waals surface area contributed by atoms with Gasteiger partial charge in [-0.3, -0.25) is 4.79 Å². The zero-order chi connectivity index (χ0) is 13.8. The standard InChI is InChI=1S/C14H25NO3/c1-4-10(3)11(12(16)17)15-13(18)14(5-2)8-6-7-9-14/h10-11H,4-9H2,1-3H3,(H,15,18)(H,16,17)/t10-,11-/m0/s1. The van der Waals surface area contributed by atoms with E-state index in [1.165, 1.54) is 0 Å². The van der Waals surface area contributed by atoms with Gasteiger partial charge in [-0.15, -0.1) is 0 Å². The Kier molecular flexibility index (Phi) is 5.17. The molecule has 0 bridgehead atoms. The second-order valence-corrected chi connectivity index (χ2v) is 5.52. The fourth-order valence-electron chi connectivity index (χ4n) is 2.77. The largest absolute Gasteiger partial charge is 0.480 e. The van der Waals surface area contributed by atoms with E-state index < -0.39 is 12.0 Å². The van der Waals surface area contributed by atoms with E-state index in [0.29, 0.717) is 0 Å². The van der Waals surface area contributed by atoms with Crippen molar-refractivity contribution >= 4 is 11.9 Å². The molecule has 2 N–H and O–H groups in total. The Morgan fingerprint density at radius 2 is 1.83 bits per heavy atom. The number of amides is 1. The molecule has 0 aromatic carbocycles. The first-order chi connectivity index (χ1) is 8.46. The van der Waals surface area contributed by atoms with Crippen LogP contribution in [0.2, 0.25) is 0 Å². The molecular formula is C14H25NO3. The first-order valence-electron chi connectivity index (χ1n) is 7.00. The van der Waals surface area contributed by atoms with Crippen LogP contribution in [0.1, 0.15) is 59.3 Å². The summed E-state index contributed by atoms with van der Waals surface area (Å²) >= 11 is 0. The monoisotopic (exact) mass is 255 g/mol. The van der Waals surface area contributed by atoms with Gasteiger partial charge in [0, 0.05) is 5.41 Å². The number of carboxylic acids is 1. The van der Waals surface area contributed by atoms with Crippen LogP contribution >= 0.6 is 0 Å². The minimum Gasteiger partial charge on any atom is -0.480 e. The highest BCUT2D eigenvalue weighted by molar-refractivity contribution is 5.87. The van der Waals surface area contributed by atoms with E-state index in [-0.39, 0.29) is 17.2 Å². The summed E-state index contributed by atoms with van der Waals surface area (Å²) in [5.74, 6) is -1.03. The van der Waals surface area contributed by atoms with Gasteiger partial charge in [-0.05, 0) is 25.2 Å². The maximum Gasteiger partial charge on any atom is 0.326 e. The maximum atomic E-state index is 12.4. The molecule has 4 nitrogen and oxygen atoms in total. The van der Waals surface area contributed by atoms with Gasteiger partial charge in [-0.2, -0.15) is 0 Å². The molecule has 0 aromatic heterocycles. The first kappa shape index (κ1) is 15.0. The van der Waals surface area contributed by atoms with E-state index in [1.807, 2.05) is 20.8 Å². The van der Waals surface area contributed by atoms with Crippen LogP contribution < -0.4 is 5.32 Å². The highest BCUT2D eigenvalue weighted by Crippen LogP contribution is 2.41. The molecule has 0 spiro atoms. The number of carbonyl (C=O) groups excluding carboxylic acids is 1. The number of rotatable bonds is 6. The Bertz CT molecular complexity index is 308. The molecule has 0 saturated heterocycles. The molecule has 1 saturated carbocycles. The molecule has 1 amide bonds. The van der Waals surface area contributed by atoms with Crippen molar-refractivity contribution in [2.75, 3.05) is 0 Å². The number of carbonyl (C=O) groups is 2. The van der Waals surface area contributed by atoms with Gasteiger partial charge in [-0.25, -0.2) is 4.79 Å². The van der Waals surface area contributed by atoms with Gasteiger partial charge in [0.1, 0.15) is 6.04 Å². The summed E-state index contributed by atoms with van der Waals surface area (Å²) in [4.78, 5) is 23.6. The lowest BCUT2D eigenvalue weighted by Crippen LogP contribution is -2.50. The van der Waals surface area contributed by atoms with Gasteiger partial charge < -0.3 is 10.4 Å². The van der Waals surface area contributed by atoms with Crippen LogP contribution in [0.15, 0.2) is 0 Å². The van der Waals surface area contributed by atoms with Crippen molar-refractivity contribution in [3.05, 3.63) is 0 Å². The lowest BCUT2D eigenvalue weighted by atomic mass is 9.82. The first-order valence-corrected chi connectivity index (χ1v) is 7.00. The van der Waals surface area contributed by atoms with Gasteiger partial charge in [-0.1, -0.05) is 40.0 Å². The number of carboxylic acid groups (broad SMARTS) is 1. The molecule has 2 atom stereocenters. The Morgan fingerprint density at radius 1 is 1.28 bits per heavy atom. The van der Waals surface area contributed by atoms with Crippen LogP contribution in [0.5, 0.6) is 0 Å². The Labute approximate surface area is 109 Å². The van der Waals surface area contributed by atoms with Crippen molar-refractivity contribution < 1.29 is 14.7 Å². The molecule has 18 heavy (non-hydrogen) atoms. The quantitative estimate of drug-likeness (QED) is 0.766. The average Bonchev–Trinajstić information content (AvgIpc) is 2.84. The van der Waals surface area contributed by atoms with Crippen LogP contribution in [0, 0.1) is 11.3 Å². The zero-order valence-electron chi connectivity index (χ0n) is 11.7. The van der Waals surface area contributed by atoms with Crippen molar-refractivity contribution in [2.45, 2.75) is 65.3 Å². The second kappa shape index (κ2) is 6.21. The van der Waals surface area contributed by atoms with Crippen LogP contribution in [-0.2, 0) is 9.59 Å². The summed E-state index contributed by atoms with van der Waals surface area (Å²) in [6, 6.07) is -0.758. The number of aliphatic carboxylic acids is 1. The molecular weight excluding hydrogens is 230 g/mol. The van der Waals surface area contributed by atoms with Crippen molar-refractivity contribution in [2.24, 2.45) is 11.3 Å². The second-order valence-electron chi connectivity index (χ2n) is 5.52. The fraction of sp³-hybridized carbons (Fsp3) is 0.857. The van der Waals surface area contributed by atoms with Crippen molar-refractivity contribution in [3.8, 4) is 0 Å². The lowest BCUT2D eigenvalue weighted by molar-refractivity contribution is -0.145. The summed E-state index contributed by atoms with van der Waals surface area (Å²) in [6.07, 6.45) is 5.47. The lowest BCUT2D eigenvalue weighted by Gasteiger charge is -2.29. The Morgan fingerprint density at radius 3 is 2.22 bits per heavy atom. The van der Waals surface area contributed by atoms with Gasteiger partial charge in [0.15, 0.2) is 0 Å². The molecule has 1 rings (SSSR count). The predicted molar refractivity (Wildman–Crippen MR) is 70.2 cm³/mol. The number of hydrogen-bond donors (Lipinski definition) is 2. The Balaban J connectivity index is 2.74. The number of nitrogens with one attached hydrogen (secondary N) is 1. The van der Waals surface area contributed by atoms with Crippen LogP contribution in [-0.4, -0.2) is 23.0 Å². The molecule has 0 radical (unpaired) electrons. The van der Waals surface area contributed by atoms with Crippen molar-refractivity contribution in [3.63, 3.8) is 0 Å². The molecule has 0 unspecified atom stereocenters. The van der Waals surface area contributed by atoms with Gasteiger partial charge in [0.2, 0.25) is 5.91 Å². The number of hydrogen-bond acceptors (Lipinski definition) is 2. The molecule has 1 aliphatic carbocycles. The van der Waals surface area contributed by atoms with E-state index in [2.05, 4.69) is 5.32 Å². The van der Waals surface area contributed by atoms with Crippen molar-refractivity contribution in [1.82, 2.24) is 5.32 Å². The molecule has 0 aliphatic heterocycles. The molecule has 0 heterocycles. The van der Waals surface area contributed by atoms with E-state index in [9.17, 15) is 14.7 Å². The van der Waals surface area contributed by atoms with Crippen LogP contribution in [0.3, 0.4) is 0 Å². The van der Waals surface area contributed by atoms with Gasteiger partial charge in [0.25, 0.3) is 0 Å². The summed E-state index contributed by atoms with van der Waals surface area (Å²) in [6.45, 7) is 5.83. The molecule has 1 aliphatic rings. The summed E-state index contributed by atoms with van der Waals surface area (Å²) in [7, 11) is 0. The highest BCUT2D eigenvalue weighted by Gasteiger charge is 2.41. The third-order valence-electron chi connectivity index (χ3n) is 4.48. The molecule has 4 heteroatoms. The highest BCUT2D eigenvalue weighted by atomic mass is 16.4. The normalized spacial score (nSPS) is 21.3. The average molecular weight is 255 g/mol. The third-order valence-corrected chi connectivity index (χ3v) is 4.48. The molecule has 104 valence electrons. The van der Waals surface area contributed by atoms with E-state index >= 15 is 0 Å². The molecule has 1 fully saturated rings. The maximum absolute atomic E-state index is 12.4. The van der Waals surface area contributed by atoms with Crippen LogP contribution in [0.25, 0.3) is 0 Å². The fourth-order valence-corrected chi connectivity index (χ4v) is 2.77. The summed E-state index contributed by atoms with van der Waals surface area (Å²) in [5, 5.41) is 12.0. The predicted octanol–water partition coefficient (Wildman–Crippen LogP) is 2.57. The van der Waals surface area contributed by atoms with Gasteiger partial charge in [0.05, 0.1) is 0 Å². The SMILES string of the molecule is CC[C@H](C)[C@H](NC(=O)C1(CC)CCCC1)C(=O)O. The summed E-state index contributed by atoms with van der Waals surface area (Å²) in [5.41, 5.74) is -0.318.